The summed E-state index contributed by atoms with van der Waals surface area (Å²) in [6.07, 6.45) is 12.6. The first-order valence-corrected chi connectivity index (χ1v) is 13.0. The van der Waals surface area contributed by atoms with Crippen molar-refractivity contribution in [3.63, 3.8) is 0 Å². The zero-order chi connectivity index (χ0) is 28.1. The molecule has 41 heavy (non-hydrogen) atoms. The van der Waals surface area contributed by atoms with E-state index in [4.69, 9.17) is 29.9 Å². The Morgan fingerprint density at radius 1 is 0.561 bits per heavy atom. The van der Waals surface area contributed by atoms with Crippen LogP contribution in [0.4, 0.5) is 0 Å². The van der Waals surface area contributed by atoms with Crippen LogP contribution in [0.2, 0.25) is 0 Å². The molecule has 0 fully saturated rings. The average Bonchev–Trinajstić information content (AvgIpc) is 3.71. The van der Waals surface area contributed by atoms with Crippen molar-refractivity contribution in [2.24, 2.45) is 0 Å². The van der Waals surface area contributed by atoms with Crippen LogP contribution in [-0.2, 0) is 0 Å². The lowest BCUT2D eigenvalue weighted by atomic mass is 10.1. The van der Waals surface area contributed by atoms with E-state index in [2.05, 4.69) is 34.7 Å². The van der Waals surface area contributed by atoms with Gasteiger partial charge in [0.25, 0.3) is 0 Å². The van der Waals surface area contributed by atoms with Gasteiger partial charge >= 0.3 is 0 Å². The van der Waals surface area contributed by atoms with Gasteiger partial charge in [-0.25, -0.2) is 29.9 Å². The Kier molecular flexibility index (Phi) is 5.57. The van der Waals surface area contributed by atoms with Crippen LogP contribution >= 0.6 is 0 Å². The second-order valence-corrected chi connectivity index (χ2v) is 9.34. The average molecular weight is 534 g/mol. The third-order valence-corrected chi connectivity index (χ3v) is 7.03. The van der Waals surface area contributed by atoms with Crippen LogP contribution in [0.15, 0.2) is 68.5 Å². The number of allylic oxidation sites excluding steroid dienone is 1. The molecule has 196 valence electrons. The summed E-state index contributed by atoms with van der Waals surface area (Å²) in [4.78, 5) is 40.5. The number of pyridine rings is 1. The molecule has 2 aliphatic heterocycles. The molecule has 0 unspecified atom stereocenters. The molecule has 0 aliphatic carbocycles. The Morgan fingerprint density at radius 2 is 1.00 bits per heavy atom. The van der Waals surface area contributed by atoms with E-state index < -0.39 is 0 Å². The van der Waals surface area contributed by atoms with Gasteiger partial charge in [0.15, 0.2) is 23.3 Å². The molecule has 0 saturated heterocycles. The summed E-state index contributed by atoms with van der Waals surface area (Å²) >= 11 is 0. The second-order valence-electron chi connectivity index (χ2n) is 9.34. The van der Waals surface area contributed by atoms with Gasteiger partial charge in [-0.15, -0.1) is 0 Å². The molecule has 0 spiro atoms. The normalized spacial score (nSPS) is 11.7. The molecule has 0 radical (unpaired) electrons. The largest absolute Gasteiger partial charge is 0.324 e. The van der Waals surface area contributed by atoms with Crippen LogP contribution in [0, 0.1) is 0 Å². The number of aromatic nitrogens is 9. The quantitative estimate of drug-likeness (QED) is 0.252. The Balaban J connectivity index is 1.72. The highest BCUT2D eigenvalue weighted by atomic mass is 15.1. The van der Waals surface area contributed by atoms with E-state index in [1.807, 2.05) is 49.4 Å². The van der Waals surface area contributed by atoms with Crippen molar-refractivity contribution >= 4 is 46.9 Å². The minimum Gasteiger partial charge on any atom is -0.324 e. The van der Waals surface area contributed by atoms with Gasteiger partial charge in [0.05, 0.1) is 0 Å². The lowest BCUT2D eigenvalue weighted by Crippen LogP contribution is -1.84. The van der Waals surface area contributed by atoms with E-state index in [-0.39, 0.29) is 0 Å². The molecule has 2 aliphatic rings. The fraction of sp³-hybridized carbons (Fsp3) is 0.0312. The number of nitrogens with zero attached hydrogens (tertiary/aromatic N) is 7. The SMILES string of the molecule is C=Cc1c(C=C)c2nc3nc(nc4[nH]c(nc5nc(nc1[nH]2)-c1cnccc1-5)c(C=C)c4/C=C\C)-c1ccccc1-3. The summed E-state index contributed by atoms with van der Waals surface area (Å²) in [6, 6.07) is 9.76. The Morgan fingerprint density at radius 3 is 1.49 bits per heavy atom. The molecule has 9 nitrogen and oxygen atoms in total. The summed E-state index contributed by atoms with van der Waals surface area (Å²) in [5.74, 6) is 2.02. The molecule has 7 rings (SSSR count). The number of hydrogen-bond donors (Lipinski definition) is 2. The van der Waals surface area contributed by atoms with Crippen LogP contribution in [0.1, 0.15) is 29.2 Å². The third-order valence-electron chi connectivity index (χ3n) is 7.03. The molecule has 1 aromatic carbocycles. The van der Waals surface area contributed by atoms with E-state index in [0.29, 0.717) is 45.9 Å². The smallest absolute Gasteiger partial charge is 0.166 e. The van der Waals surface area contributed by atoms with E-state index in [9.17, 15) is 0 Å². The number of benzene rings is 1. The summed E-state index contributed by atoms with van der Waals surface area (Å²) < 4.78 is 0. The third kappa shape index (κ3) is 3.75. The van der Waals surface area contributed by atoms with Crippen molar-refractivity contribution in [3.8, 4) is 45.6 Å². The van der Waals surface area contributed by atoms with Crippen LogP contribution in [0.3, 0.4) is 0 Å². The molecule has 4 aromatic heterocycles. The molecular formula is C32H23N9. The Labute approximate surface area is 234 Å². The predicted octanol–water partition coefficient (Wildman–Crippen LogP) is 6.92. The number of H-pyrrole nitrogens is 2. The van der Waals surface area contributed by atoms with Gasteiger partial charge in [0.1, 0.15) is 22.6 Å². The fourth-order valence-corrected chi connectivity index (χ4v) is 5.16. The fourth-order valence-electron chi connectivity index (χ4n) is 5.16. The Bertz CT molecular complexity index is 2120. The van der Waals surface area contributed by atoms with Gasteiger partial charge in [0, 0.05) is 56.9 Å². The highest BCUT2D eigenvalue weighted by Crippen LogP contribution is 2.36. The molecule has 0 atom stereocenters. The predicted molar refractivity (Wildman–Crippen MR) is 164 cm³/mol. The van der Waals surface area contributed by atoms with Crippen LogP contribution < -0.4 is 0 Å². The van der Waals surface area contributed by atoms with E-state index in [0.717, 1.165) is 44.5 Å². The molecule has 0 saturated carbocycles. The van der Waals surface area contributed by atoms with Crippen molar-refractivity contribution in [2.45, 2.75) is 6.92 Å². The highest BCUT2D eigenvalue weighted by molar-refractivity contribution is 5.90. The van der Waals surface area contributed by atoms with Gasteiger partial charge in [-0.3, -0.25) is 4.98 Å². The first-order valence-electron chi connectivity index (χ1n) is 13.0. The Hall–Kier alpha value is -5.83. The summed E-state index contributed by atoms with van der Waals surface area (Å²) in [5, 5.41) is 0. The van der Waals surface area contributed by atoms with Gasteiger partial charge in [-0.1, -0.05) is 74.4 Å². The number of nitrogens with one attached hydrogen (secondary N) is 2. The number of fused-ring (bicyclic) bond motifs is 14. The summed E-state index contributed by atoms with van der Waals surface area (Å²) in [7, 11) is 0. The topological polar surface area (TPSA) is 122 Å². The van der Waals surface area contributed by atoms with E-state index in [1.54, 1.807) is 30.6 Å². The lowest BCUT2D eigenvalue weighted by molar-refractivity contribution is 1.18. The zero-order valence-corrected chi connectivity index (χ0v) is 22.2. The number of rotatable bonds is 4. The first kappa shape index (κ1) is 24.2. The second kappa shape index (κ2) is 9.42. The van der Waals surface area contributed by atoms with E-state index >= 15 is 0 Å². The van der Waals surface area contributed by atoms with Gasteiger partial charge in [-0.05, 0) is 13.0 Å². The van der Waals surface area contributed by atoms with E-state index in [1.165, 1.54) is 0 Å². The van der Waals surface area contributed by atoms with Gasteiger partial charge in [0.2, 0.25) is 0 Å². The minimum atomic E-state index is 0.468. The maximum atomic E-state index is 4.98. The standard InChI is InChI=1S/C32H23N9/c1-5-11-20-19(8-4)27-36-28(20)39-30-22-13-10-9-12-21(22)29(40-30)35-25-17(6-2)18(7-3)26(34-25)38-32-24-16-33-15-14-23(24)31(37-27)41-32/h5-16H,2-4H2,1H3,(H2,34,35,36,37,38,39,40,41)/b11-5-. The van der Waals surface area contributed by atoms with Crippen molar-refractivity contribution in [3.05, 3.63) is 90.8 Å². The highest BCUT2D eigenvalue weighted by Gasteiger charge is 2.22. The zero-order valence-electron chi connectivity index (χ0n) is 22.2. The van der Waals surface area contributed by atoms with Crippen LogP contribution in [0.5, 0.6) is 0 Å². The summed E-state index contributed by atoms with van der Waals surface area (Å²) in [6.45, 7) is 14.0. The monoisotopic (exact) mass is 533 g/mol. The first-order chi connectivity index (χ1) is 20.1. The molecular weight excluding hydrogens is 510 g/mol. The van der Waals surface area contributed by atoms with Crippen LogP contribution in [-0.4, -0.2) is 44.9 Å². The van der Waals surface area contributed by atoms with Gasteiger partial charge < -0.3 is 9.97 Å². The minimum absolute atomic E-state index is 0.468. The maximum Gasteiger partial charge on any atom is 0.166 e. The maximum absolute atomic E-state index is 4.98. The van der Waals surface area contributed by atoms with Crippen molar-refractivity contribution in [2.75, 3.05) is 0 Å². The molecule has 8 bridgehead atoms. The van der Waals surface area contributed by atoms with Gasteiger partial charge in [-0.2, -0.15) is 0 Å². The van der Waals surface area contributed by atoms with Crippen molar-refractivity contribution in [1.82, 2.24) is 44.9 Å². The number of hydrogen-bond acceptors (Lipinski definition) is 7. The molecule has 5 aromatic rings. The molecule has 6 heterocycles. The molecule has 0 amide bonds. The van der Waals surface area contributed by atoms with Crippen molar-refractivity contribution < 1.29 is 0 Å². The molecule has 2 N–H and O–H groups in total. The molecule has 9 heteroatoms. The lowest BCUT2D eigenvalue weighted by Gasteiger charge is -1.97. The van der Waals surface area contributed by atoms with Crippen molar-refractivity contribution in [1.29, 1.82) is 0 Å². The summed E-state index contributed by atoms with van der Waals surface area (Å²) in [5.41, 5.74) is 8.74. The number of aromatic amines is 2. The van der Waals surface area contributed by atoms with Crippen LogP contribution in [0.25, 0.3) is 92.4 Å².